The van der Waals surface area contributed by atoms with Crippen molar-refractivity contribution in [2.45, 2.75) is 32.9 Å². The highest BCUT2D eigenvalue weighted by molar-refractivity contribution is 5.86. The van der Waals surface area contributed by atoms with Crippen LogP contribution >= 0.6 is 0 Å². The number of carboxylic acids is 1. The number of nitrogens with zero attached hydrogens (tertiary/aromatic N) is 4. The van der Waals surface area contributed by atoms with Crippen LogP contribution in [-0.2, 0) is 16.9 Å². The van der Waals surface area contributed by atoms with Gasteiger partial charge in [0, 0.05) is 56.6 Å². The molecule has 0 bridgehead atoms. The summed E-state index contributed by atoms with van der Waals surface area (Å²) >= 11 is 0. The van der Waals surface area contributed by atoms with Gasteiger partial charge in [0.25, 0.3) is 0 Å². The van der Waals surface area contributed by atoms with E-state index in [1.165, 1.54) is 5.56 Å². The predicted octanol–water partition coefficient (Wildman–Crippen LogP) is 1.40. The van der Waals surface area contributed by atoms with Gasteiger partial charge >= 0.3 is 5.97 Å². The summed E-state index contributed by atoms with van der Waals surface area (Å²) in [5, 5.41) is 13.3. The molecule has 122 valence electrons. The SMILES string of the molecule is C=C(CN1CCN(Cc2cnn(C(C)(C)C)c2)CC1)C(=O)O. The quantitative estimate of drug-likeness (QED) is 0.833. The monoisotopic (exact) mass is 306 g/mol. The first-order valence-corrected chi connectivity index (χ1v) is 7.65. The van der Waals surface area contributed by atoms with Gasteiger partial charge in [-0.15, -0.1) is 0 Å². The van der Waals surface area contributed by atoms with Crippen LogP contribution in [0, 0.1) is 0 Å². The van der Waals surface area contributed by atoms with E-state index in [-0.39, 0.29) is 11.1 Å². The maximum Gasteiger partial charge on any atom is 0.332 e. The Labute approximate surface area is 132 Å². The fourth-order valence-corrected chi connectivity index (χ4v) is 2.51. The van der Waals surface area contributed by atoms with Crippen LogP contribution < -0.4 is 0 Å². The Morgan fingerprint density at radius 1 is 1.27 bits per heavy atom. The number of rotatable bonds is 5. The van der Waals surface area contributed by atoms with Crippen LogP contribution in [0.25, 0.3) is 0 Å². The van der Waals surface area contributed by atoms with E-state index in [2.05, 4.69) is 48.4 Å². The summed E-state index contributed by atoms with van der Waals surface area (Å²) in [5.41, 5.74) is 1.49. The van der Waals surface area contributed by atoms with Crippen LogP contribution in [-0.4, -0.2) is 63.4 Å². The van der Waals surface area contributed by atoms with E-state index in [1.807, 2.05) is 10.9 Å². The van der Waals surface area contributed by atoms with Gasteiger partial charge in [0.05, 0.1) is 11.7 Å². The molecule has 2 heterocycles. The summed E-state index contributed by atoms with van der Waals surface area (Å²) in [6.45, 7) is 15.0. The Morgan fingerprint density at radius 3 is 2.36 bits per heavy atom. The minimum absolute atomic E-state index is 0.00808. The van der Waals surface area contributed by atoms with Crippen molar-refractivity contribution >= 4 is 5.97 Å². The maximum absolute atomic E-state index is 10.8. The number of carboxylic acid groups (broad SMARTS) is 1. The van der Waals surface area contributed by atoms with Crippen molar-refractivity contribution in [2.24, 2.45) is 0 Å². The first-order chi connectivity index (χ1) is 10.3. The molecule has 1 aliphatic rings. The molecule has 0 aromatic carbocycles. The Kier molecular flexibility index (Phi) is 5.03. The second-order valence-corrected chi connectivity index (χ2v) is 6.92. The van der Waals surface area contributed by atoms with E-state index in [4.69, 9.17) is 5.11 Å². The highest BCUT2D eigenvalue weighted by Crippen LogP contribution is 2.15. The average Bonchev–Trinajstić information content (AvgIpc) is 2.89. The molecule has 22 heavy (non-hydrogen) atoms. The molecule has 0 saturated carbocycles. The summed E-state index contributed by atoms with van der Waals surface area (Å²) in [5.74, 6) is -0.906. The summed E-state index contributed by atoms with van der Waals surface area (Å²) in [6, 6.07) is 0. The van der Waals surface area contributed by atoms with Gasteiger partial charge < -0.3 is 5.11 Å². The zero-order valence-corrected chi connectivity index (χ0v) is 13.7. The normalized spacial score (nSPS) is 17.6. The Balaban J connectivity index is 1.81. The lowest BCUT2D eigenvalue weighted by Gasteiger charge is -2.34. The lowest BCUT2D eigenvalue weighted by Crippen LogP contribution is -2.46. The standard InChI is InChI=1S/C16H26N4O2/c1-13(15(21)22)10-18-5-7-19(8-6-18)11-14-9-17-20(12-14)16(2,3)4/h9,12H,1,5-8,10-11H2,2-4H3,(H,21,22). The van der Waals surface area contributed by atoms with Crippen LogP contribution in [0.4, 0.5) is 0 Å². The van der Waals surface area contributed by atoms with Crippen LogP contribution in [0.3, 0.4) is 0 Å². The fraction of sp³-hybridized carbons (Fsp3) is 0.625. The molecule has 0 atom stereocenters. The average molecular weight is 306 g/mol. The van der Waals surface area contributed by atoms with Gasteiger partial charge in [0.15, 0.2) is 0 Å². The zero-order valence-electron chi connectivity index (χ0n) is 13.7. The van der Waals surface area contributed by atoms with E-state index in [9.17, 15) is 4.79 Å². The number of piperazine rings is 1. The molecule has 1 aliphatic heterocycles. The minimum Gasteiger partial charge on any atom is -0.478 e. The van der Waals surface area contributed by atoms with Crippen molar-refractivity contribution in [2.75, 3.05) is 32.7 Å². The number of hydrogen-bond donors (Lipinski definition) is 1. The Bertz CT molecular complexity index is 537. The van der Waals surface area contributed by atoms with Gasteiger partial charge in [-0.05, 0) is 20.8 Å². The molecule has 0 unspecified atom stereocenters. The van der Waals surface area contributed by atoms with E-state index in [0.29, 0.717) is 6.54 Å². The first kappa shape index (κ1) is 16.7. The molecule has 1 aromatic heterocycles. The topological polar surface area (TPSA) is 61.6 Å². The van der Waals surface area contributed by atoms with Crippen molar-refractivity contribution in [3.63, 3.8) is 0 Å². The summed E-state index contributed by atoms with van der Waals surface area (Å²) in [4.78, 5) is 15.3. The Morgan fingerprint density at radius 2 is 1.86 bits per heavy atom. The molecule has 1 saturated heterocycles. The molecule has 2 rings (SSSR count). The van der Waals surface area contributed by atoms with Gasteiger partial charge in [-0.1, -0.05) is 6.58 Å². The van der Waals surface area contributed by atoms with Gasteiger partial charge in [-0.3, -0.25) is 14.5 Å². The number of hydrogen-bond acceptors (Lipinski definition) is 4. The van der Waals surface area contributed by atoms with Gasteiger partial charge in [-0.2, -0.15) is 5.10 Å². The minimum atomic E-state index is -0.906. The zero-order chi connectivity index (χ0) is 16.3. The third-order valence-electron chi connectivity index (χ3n) is 3.91. The highest BCUT2D eigenvalue weighted by Gasteiger charge is 2.20. The first-order valence-electron chi connectivity index (χ1n) is 7.65. The van der Waals surface area contributed by atoms with E-state index in [0.717, 1.165) is 32.7 Å². The second-order valence-electron chi connectivity index (χ2n) is 6.92. The molecule has 6 heteroatoms. The molecule has 0 amide bonds. The molecule has 1 N–H and O–H groups in total. The second kappa shape index (κ2) is 6.62. The number of aromatic nitrogens is 2. The van der Waals surface area contributed by atoms with E-state index < -0.39 is 5.97 Å². The third kappa shape index (κ3) is 4.42. The van der Waals surface area contributed by atoms with Gasteiger partial charge in [0.2, 0.25) is 0 Å². The fourth-order valence-electron chi connectivity index (χ4n) is 2.51. The largest absolute Gasteiger partial charge is 0.478 e. The smallest absolute Gasteiger partial charge is 0.332 e. The van der Waals surface area contributed by atoms with Crippen molar-refractivity contribution in [3.8, 4) is 0 Å². The highest BCUT2D eigenvalue weighted by atomic mass is 16.4. The molecule has 0 aliphatic carbocycles. The molecule has 1 aromatic rings. The van der Waals surface area contributed by atoms with Crippen molar-refractivity contribution < 1.29 is 9.90 Å². The van der Waals surface area contributed by atoms with Crippen molar-refractivity contribution in [1.82, 2.24) is 19.6 Å². The third-order valence-corrected chi connectivity index (χ3v) is 3.91. The molecular formula is C16H26N4O2. The molecule has 0 spiro atoms. The number of carbonyl (C=O) groups is 1. The van der Waals surface area contributed by atoms with Gasteiger partial charge in [0.1, 0.15) is 0 Å². The van der Waals surface area contributed by atoms with Crippen molar-refractivity contribution in [1.29, 1.82) is 0 Å². The lowest BCUT2D eigenvalue weighted by atomic mass is 10.1. The van der Waals surface area contributed by atoms with E-state index >= 15 is 0 Å². The van der Waals surface area contributed by atoms with Gasteiger partial charge in [-0.25, -0.2) is 4.79 Å². The van der Waals surface area contributed by atoms with Crippen LogP contribution in [0.1, 0.15) is 26.3 Å². The van der Waals surface area contributed by atoms with E-state index in [1.54, 1.807) is 0 Å². The lowest BCUT2D eigenvalue weighted by molar-refractivity contribution is -0.132. The number of aliphatic carboxylic acids is 1. The van der Waals surface area contributed by atoms with Crippen molar-refractivity contribution in [3.05, 3.63) is 30.1 Å². The maximum atomic E-state index is 10.8. The molecular weight excluding hydrogens is 280 g/mol. The predicted molar refractivity (Wildman–Crippen MR) is 85.7 cm³/mol. The molecule has 1 fully saturated rings. The summed E-state index contributed by atoms with van der Waals surface area (Å²) < 4.78 is 2.00. The molecule has 6 nitrogen and oxygen atoms in total. The summed E-state index contributed by atoms with van der Waals surface area (Å²) in [7, 11) is 0. The summed E-state index contributed by atoms with van der Waals surface area (Å²) in [6.07, 6.45) is 4.04. The molecule has 0 radical (unpaired) electrons. The van der Waals surface area contributed by atoms with Crippen LogP contribution in [0.15, 0.2) is 24.5 Å². The Hall–Kier alpha value is -1.66. The van der Waals surface area contributed by atoms with Crippen LogP contribution in [0.5, 0.6) is 0 Å². The van der Waals surface area contributed by atoms with Crippen LogP contribution in [0.2, 0.25) is 0 Å².